The third-order valence-corrected chi connectivity index (χ3v) is 4.15. The lowest BCUT2D eigenvalue weighted by Gasteiger charge is -2.08. The number of nitrogens with zero attached hydrogens (tertiary/aromatic N) is 3. The first-order valence-corrected chi connectivity index (χ1v) is 8.45. The van der Waals surface area contributed by atoms with Crippen LogP contribution >= 0.6 is 0 Å². The molecule has 1 N–H and O–H groups in total. The van der Waals surface area contributed by atoms with Gasteiger partial charge in [-0.15, -0.1) is 0 Å². The fourth-order valence-electron chi connectivity index (χ4n) is 2.55. The van der Waals surface area contributed by atoms with E-state index < -0.39 is 0 Å². The molecule has 0 fully saturated rings. The summed E-state index contributed by atoms with van der Waals surface area (Å²) in [5, 5.41) is 13.5. The molecule has 0 aliphatic heterocycles. The van der Waals surface area contributed by atoms with Crippen molar-refractivity contribution in [2.45, 2.75) is 52.4 Å². The summed E-state index contributed by atoms with van der Waals surface area (Å²) in [5.41, 5.74) is 0.679. The van der Waals surface area contributed by atoms with E-state index in [2.05, 4.69) is 23.9 Å². The Hall–Kier alpha value is -1.75. The van der Waals surface area contributed by atoms with Crippen LogP contribution in [0.25, 0.3) is 5.69 Å². The first-order valence-electron chi connectivity index (χ1n) is 8.45. The molecule has 2 rings (SSSR count). The molecular weight excluding hydrogens is 293 g/mol. The van der Waals surface area contributed by atoms with Gasteiger partial charge in [-0.1, -0.05) is 39.2 Å². The van der Waals surface area contributed by atoms with Crippen LogP contribution in [-0.2, 0) is 12.8 Å². The van der Waals surface area contributed by atoms with E-state index in [4.69, 9.17) is 5.11 Å². The van der Waals surface area contributed by atoms with E-state index in [-0.39, 0.29) is 12.4 Å². The number of hydrogen-bond acceptors (Lipinski definition) is 3. The second-order valence-corrected chi connectivity index (χ2v) is 6.07. The predicted octanol–water partition coefficient (Wildman–Crippen LogP) is 3.70. The standard InChI is InChI=1S/C18H26FN3O/c1-3-14(2)7-4-5-10-18-20-17(11-12-23)21-22(18)16-9-6-8-15(19)13-16/h6,8-9,13-14,23H,3-5,7,10-12H2,1-2H3. The van der Waals surface area contributed by atoms with Crippen LogP contribution in [0, 0.1) is 11.7 Å². The van der Waals surface area contributed by atoms with E-state index >= 15 is 0 Å². The zero-order valence-corrected chi connectivity index (χ0v) is 14.0. The van der Waals surface area contributed by atoms with Crippen molar-refractivity contribution < 1.29 is 9.50 Å². The highest BCUT2D eigenvalue weighted by Gasteiger charge is 2.12. The number of aromatic nitrogens is 3. The SMILES string of the molecule is CCC(C)CCCCc1nc(CCO)nn1-c1cccc(F)c1. The number of hydrogen-bond donors (Lipinski definition) is 1. The van der Waals surface area contributed by atoms with Crippen molar-refractivity contribution in [1.82, 2.24) is 14.8 Å². The lowest BCUT2D eigenvalue weighted by Crippen LogP contribution is -2.04. The number of halogens is 1. The van der Waals surface area contributed by atoms with E-state index in [1.54, 1.807) is 10.7 Å². The van der Waals surface area contributed by atoms with Crippen LogP contribution in [0.5, 0.6) is 0 Å². The number of aryl methyl sites for hydroxylation is 1. The Labute approximate surface area is 137 Å². The molecular formula is C18H26FN3O. The maximum atomic E-state index is 13.5. The van der Waals surface area contributed by atoms with Crippen molar-refractivity contribution in [1.29, 1.82) is 0 Å². The molecule has 5 heteroatoms. The maximum absolute atomic E-state index is 13.5. The molecule has 1 aromatic carbocycles. The summed E-state index contributed by atoms with van der Waals surface area (Å²) >= 11 is 0. The van der Waals surface area contributed by atoms with Crippen molar-refractivity contribution in [3.05, 3.63) is 41.7 Å². The van der Waals surface area contributed by atoms with Crippen LogP contribution < -0.4 is 0 Å². The second-order valence-electron chi connectivity index (χ2n) is 6.07. The largest absolute Gasteiger partial charge is 0.396 e. The van der Waals surface area contributed by atoms with Crippen LogP contribution in [0.15, 0.2) is 24.3 Å². The van der Waals surface area contributed by atoms with Crippen molar-refractivity contribution >= 4 is 0 Å². The van der Waals surface area contributed by atoms with E-state index in [9.17, 15) is 4.39 Å². The Balaban J connectivity index is 2.10. The van der Waals surface area contributed by atoms with Gasteiger partial charge in [0.2, 0.25) is 0 Å². The van der Waals surface area contributed by atoms with Crippen molar-refractivity contribution in [3.63, 3.8) is 0 Å². The Morgan fingerprint density at radius 2 is 2.09 bits per heavy atom. The molecule has 1 heterocycles. The zero-order chi connectivity index (χ0) is 16.7. The molecule has 23 heavy (non-hydrogen) atoms. The van der Waals surface area contributed by atoms with Crippen molar-refractivity contribution in [2.24, 2.45) is 5.92 Å². The highest BCUT2D eigenvalue weighted by Crippen LogP contribution is 2.16. The summed E-state index contributed by atoms with van der Waals surface area (Å²) in [5.74, 6) is 1.90. The van der Waals surface area contributed by atoms with Gasteiger partial charge in [-0.25, -0.2) is 14.1 Å². The molecule has 0 amide bonds. The summed E-state index contributed by atoms with van der Waals surface area (Å²) in [6.07, 6.45) is 5.85. The smallest absolute Gasteiger partial charge is 0.153 e. The highest BCUT2D eigenvalue weighted by atomic mass is 19.1. The lowest BCUT2D eigenvalue weighted by atomic mass is 10.0. The Bertz CT molecular complexity index is 612. The molecule has 0 saturated carbocycles. The Morgan fingerprint density at radius 1 is 1.26 bits per heavy atom. The summed E-state index contributed by atoms with van der Waals surface area (Å²) in [7, 11) is 0. The molecule has 1 unspecified atom stereocenters. The second kappa shape index (κ2) is 8.77. The highest BCUT2D eigenvalue weighted by molar-refractivity contribution is 5.32. The first kappa shape index (κ1) is 17.6. The lowest BCUT2D eigenvalue weighted by molar-refractivity contribution is 0.296. The monoisotopic (exact) mass is 319 g/mol. The summed E-state index contributed by atoms with van der Waals surface area (Å²) in [4.78, 5) is 4.51. The topological polar surface area (TPSA) is 50.9 Å². The molecule has 2 aromatic rings. The molecule has 0 saturated heterocycles. The maximum Gasteiger partial charge on any atom is 0.153 e. The first-order chi connectivity index (χ1) is 11.1. The Kier molecular flexibility index (Phi) is 6.71. The third-order valence-electron chi connectivity index (χ3n) is 4.15. The molecule has 1 atom stereocenters. The van der Waals surface area contributed by atoms with Gasteiger partial charge in [0.05, 0.1) is 12.3 Å². The fraction of sp³-hybridized carbons (Fsp3) is 0.556. The average molecular weight is 319 g/mol. The number of aliphatic hydroxyl groups is 1. The van der Waals surface area contributed by atoms with Gasteiger partial charge < -0.3 is 5.11 Å². The van der Waals surface area contributed by atoms with Crippen LogP contribution in [-0.4, -0.2) is 26.5 Å². The molecule has 126 valence electrons. The molecule has 0 aliphatic carbocycles. The van der Waals surface area contributed by atoms with Crippen molar-refractivity contribution in [3.8, 4) is 5.69 Å². The van der Waals surface area contributed by atoms with E-state index in [1.165, 1.54) is 25.0 Å². The minimum atomic E-state index is -0.288. The van der Waals surface area contributed by atoms with Crippen LogP contribution in [0.4, 0.5) is 4.39 Å². The minimum Gasteiger partial charge on any atom is -0.396 e. The number of aliphatic hydroxyl groups excluding tert-OH is 1. The van der Waals surface area contributed by atoms with Gasteiger partial charge in [-0.2, -0.15) is 5.10 Å². The number of benzene rings is 1. The molecule has 0 aliphatic rings. The van der Waals surface area contributed by atoms with Crippen LogP contribution in [0.2, 0.25) is 0 Å². The zero-order valence-electron chi connectivity index (χ0n) is 14.0. The molecule has 0 bridgehead atoms. The summed E-state index contributed by atoms with van der Waals surface area (Å²) in [6, 6.07) is 6.37. The van der Waals surface area contributed by atoms with E-state index in [0.717, 1.165) is 31.0 Å². The van der Waals surface area contributed by atoms with Gasteiger partial charge in [0.1, 0.15) is 11.6 Å². The third kappa shape index (κ3) is 5.13. The summed E-state index contributed by atoms with van der Waals surface area (Å²) < 4.78 is 15.2. The van der Waals surface area contributed by atoms with Gasteiger partial charge in [-0.05, 0) is 30.5 Å². The fourth-order valence-corrected chi connectivity index (χ4v) is 2.55. The van der Waals surface area contributed by atoms with Crippen LogP contribution in [0.1, 0.15) is 51.2 Å². The van der Waals surface area contributed by atoms with Gasteiger partial charge in [0.15, 0.2) is 5.82 Å². The van der Waals surface area contributed by atoms with Gasteiger partial charge in [0, 0.05) is 12.8 Å². The molecule has 0 radical (unpaired) electrons. The molecule has 4 nitrogen and oxygen atoms in total. The number of rotatable bonds is 9. The molecule has 0 spiro atoms. The molecule has 1 aromatic heterocycles. The average Bonchev–Trinajstić information content (AvgIpc) is 2.94. The van der Waals surface area contributed by atoms with E-state index in [1.807, 2.05) is 6.07 Å². The van der Waals surface area contributed by atoms with Crippen LogP contribution in [0.3, 0.4) is 0 Å². The predicted molar refractivity (Wildman–Crippen MR) is 89.1 cm³/mol. The normalized spacial score (nSPS) is 12.5. The van der Waals surface area contributed by atoms with Gasteiger partial charge in [0.25, 0.3) is 0 Å². The summed E-state index contributed by atoms with van der Waals surface area (Å²) in [6.45, 7) is 4.50. The van der Waals surface area contributed by atoms with Gasteiger partial charge >= 0.3 is 0 Å². The quantitative estimate of drug-likeness (QED) is 0.717. The van der Waals surface area contributed by atoms with Crippen molar-refractivity contribution in [2.75, 3.05) is 6.61 Å². The van der Waals surface area contributed by atoms with E-state index in [0.29, 0.717) is 17.9 Å². The van der Waals surface area contributed by atoms with Gasteiger partial charge in [-0.3, -0.25) is 0 Å². The number of unbranched alkanes of at least 4 members (excludes halogenated alkanes) is 1. The Morgan fingerprint density at radius 3 is 2.78 bits per heavy atom. The minimum absolute atomic E-state index is 0.0145.